The van der Waals surface area contributed by atoms with E-state index >= 15 is 0 Å². The molecule has 0 spiro atoms. The van der Waals surface area contributed by atoms with Gasteiger partial charge in [0, 0.05) is 17.0 Å². The Morgan fingerprint density at radius 1 is 0.912 bits per heavy atom. The number of carboxylic acid groups (broad SMARTS) is 1. The summed E-state index contributed by atoms with van der Waals surface area (Å²) in [5.74, 6) is 1.32. The Bertz CT molecular complexity index is 1220. The molecule has 34 heavy (non-hydrogen) atoms. The van der Waals surface area contributed by atoms with Crippen molar-refractivity contribution in [1.82, 2.24) is 4.98 Å². The fourth-order valence-electron chi connectivity index (χ4n) is 5.27. The second-order valence-corrected chi connectivity index (χ2v) is 9.21. The van der Waals surface area contributed by atoms with Gasteiger partial charge < -0.3 is 9.52 Å². The van der Waals surface area contributed by atoms with Crippen molar-refractivity contribution in [2.75, 3.05) is 0 Å². The fraction of sp³-hybridized carbons (Fsp3) is 0.267. The van der Waals surface area contributed by atoms with Crippen molar-refractivity contribution >= 4 is 5.97 Å². The zero-order chi connectivity index (χ0) is 23.5. The molecule has 3 aromatic carbocycles. The van der Waals surface area contributed by atoms with Gasteiger partial charge in [-0.25, -0.2) is 9.78 Å². The number of carboxylic acids is 1. The van der Waals surface area contributed by atoms with E-state index in [4.69, 9.17) is 9.40 Å². The molecule has 1 aliphatic rings. The van der Waals surface area contributed by atoms with E-state index in [0.717, 1.165) is 65.3 Å². The lowest BCUT2D eigenvalue weighted by atomic mass is 9.75. The van der Waals surface area contributed by atoms with Gasteiger partial charge in [-0.1, -0.05) is 85.6 Å². The molecule has 0 radical (unpaired) electrons. The van der Waals surface area contributed by atoms with Crippen LogP contribution in [0.5, 0.6) is 0 Å². The molecular weight excluding hydrogens is 422 g/mol. The van der Waals surface area contributed by atoms with E-state index in [1.54, 1.807) is 6.07 Å². The predicted octanol–water partition coefficient (Wildman–Crippen LogP) is 7.53. The zero-order valence-corrected chi connectivity index (χ0v) is 19.4. The van der Waals surface area contributed by atoms with Gasteiger partial charge in [-0.15, -0.1) is 0 Å². The summed E-state index contributed by atoms with van der Waals surface area (Å²) in [5, 5.41) is 9.55. The van der Waals surface area contributed by atoms with Gasteiger partial charge in [0.25, 0.3) is 0 Å². The summed E-state index contributed by atoms with van der Waals surface area (Å²) in [5.41, 5.74) is 5.32. The molecule has 0 aliphatic heterocycles. The molecule has 1 N–H and O–H groups in total. The minimum atomic E-state index is -0.868. The highest BCUT2D eigenvalue weighted by Crippen LogP contribution is 2.43. The normalized spacial score (nSPS) is 18.0. The third kappa shape index (κ3) is 4.41. The van der Waals surface area contributed by atoms with Crippen molar-refractivity contribution in [1.29, 1.82) is 0 Å². The summed E-state index contributed by atoms with van der Waals surface area (Å²) >= 11 is 0. The Morgan fingerprint density at radius 2 is 1.59 bits per heavy atom. The van der Waals surface area contributed by atoms with Gasteiger partial charge in [-0.3, -0.25) is 0 Å². The molecule has 4 aromatic rings. The first-order valence-corrected chi connectivity index (χ1v) is 12.0. The number of nitrogens with zero attached hydrogens (tertiary/aromatic N) is 1. The van der Waals surface area contributed by atoms with Crippen LogP contribution in [0.25, 0.3) is 22.6 Å². The molecule has 1 aliphatic carbocycles. The average Bonchev–Trinajstić information content (AvgIpc) is 3.32. The maximum absolute atomic E-state index is 11.6. The largest absolute Gasteiger partial charge is 0.478 e. The van der Waals surface area contributed by atoms with Gasteiger partial charge in [0.1, 0.15) is 5.69 Å². The Labute approximate surface area is 200 Å². The number of benzene rings is 3. The fourth-order valence-corrected chi connectivity index (χ4v) is 5.27. The number of aromatic nitrogens is 1. The summed E-state index contributed by atoms with van der Waals surface area (Å²) in [7, 11) is 0. The second-order valence-electron chi connectivity index (χ2n) is 9.21. The Kier molecular flexibility index (Phi) is 6.31. The third-order valence-corrected chi connectivity index (χ3v) is 7.11. The smallest absolute Gasteiger partial charge is 0.335 e. The van der Waals surface area contributed by atoms with Crippen LogP contribution in [0.2, 0.25) is 0 Å². The van der Waals surface area contributed by atoms with Crippen molar-refractivity contribution < 1.29 is 14.3 Å². The van der Waals surface area contributed by atoms with E-state index in [1.807, 2.05) is 49.4 Å². The number of rotatable bonds is 6. The molecule has 4 heteroatoms. The number of carbonyl (C=O) groups is 1. The lowest BCUT2D eigenvalue weighted by molar-refractivity contribution is 0.0696. The van der Waals surface area contributed by atoms with Crippen molar-refractivity contribution in [3.05, 3.63) is 101 Å². The first-order chi connectivity index (χ1) is 16.6. The predicted molar refractivity (Wildman–Crippen MR) is 134 cm³/mol. The highest BCUT2D eigenvalue weighted by Gasteiger charge is 2.32. The Balaban J connectivity index is 1.53. The third-order valence-electron chi connectivity index (χ3n) is 7.11. The van der Waals surface area contributed by atoms with Gasteiger partial charge >= 0.3 is 5.97 Å². The van der Waals surface area contributed by atoms with Crippen LogP contribution in [0.1, 0.15) is 59.0 Å². The van der Waals surface area contributed by atoms with Crippen LogP contribution in [-0.4, -0.2) is 16.1 Å². The van der Waals surface area contributed by atoms with E-state index in [0.29, 0.717) is 11.5 Å². The van der Waals surface area contributed by atoms with Crippen LogP contribution in [0.15, 0.2) is 83.3 Å². The maximum Gasteiger partial charge on any atom is 0.335 e. The zero-order valence-electron chi connectivity index (χ0n) is 19.4. The average molecular weight is 452 g/mol. The molecule has 0 bridgehead atoms. The van der Waals surface area contributed by atoms with E-state index in [-0.39, 0.29) is 5.92 Å². The SMILES string of the molecule is Cc1c(CC2CCCCC2c2nc(-c3ccccc3)c(-c3ccccc3)o2)cccc1C(=O)O. The van der Waals surface area contributed by atoms with Gasteiger partial charge in [-0.2, -0.15) is 0 Å². The summed E-state index contributed by atoms with van der Waals surface area (Å²) in [4.78, 5) is 16.7. The van der Waals surface area contributed by atoms with Crippen LogP contribution in [-0.2, 0) is 6.42 Å². The van der Waals surface area contributed by atoms with Crippen LogP contribution in [0.4, 0.5) is 0 Å². The lowest BCUT2D eigenvalue weighted by Gasteiger charge is -2.30. The van der Waals surface area contributed by atoms with Crippen molar-refractivity contribution in [3.8, 4) is 22.6 Å². The van der Waals surface area contributed by atoms with Crippen LogP contribution in [0.3, 0.4) is 0 Å². The number of hydrogen-bond acceptors (Lipinski definition) is 3. The van der Waals surface area contributed by atoms with E-state index in [9.17, 15) is 9.90 Å². The molecule has 1 aromatic heterocycles. The number of hydrogen-bond donors (Lipinski definition) is 1. The van der Waals surface area contributed by atoms with Gasteiger partial charge in [0.2, 0.25) is 0 Å². The molecule has 1 fully saturated rings. The monoisotopic (exact) mass is 451 g/mol. The van der Waals surface area contributed by atoms with Crippen LogP contribution in [0, 0.1) is 12.8 Å². The van der Waals surface area contributed by atoms with Gasteiger partial charge in [-0.05, 0) is 49.3 Å². The van der Waals surface area contributed by atoms with E-state index < -0.39 is 5.97 Å². The van der Waals surface area contributed by atoms with Crippen molar-refractivity contribution in [3.63, 3.8) is 0 Å². The van der Waals surface area contributed by atoms with Crippen molar-refractivity contribution in [2.24, 2.45) is 5.92 Å². The maximum atomic E-state index is 11.6. The van der Waals surface area contributed by atoms with E-state index in [2.05, 4.69) is 30.3 Å². The van der Waals surface area contributed by atoms with E-state index in [1.165, 1.54) is 6.42 Å². The highest BCUT2D eigenvalue weighted by atomic mass is 16.4. The first-order valence-electron chi connectivity index (χ1n) is 12.0. The molecule has 0 saturated heterocycles. The standard InChI is InChI=1S/C30H29NO3/c1-20-23(16-10-18-25(20)30(32)33)19-24-15-8-9-17-26(24)29-31-27(21-11-4-2-5-12-21)28(34-29)22-13-6-3-7-14-22/h2-7,10-14,16,18,24,26H,8-9,15,17,19H2,1H3,(H,32,33). The van der Waals surface area contributed by atoms with Gasteiger partial charge in [0.05, 0.1) is 5.56 Å². The topological polar surface area (TPSA) is 63.3 Å². The Hall–Kier alpha value is -3.66. The minimum Gasteiger partial charge on any atom is -0.478 e. The first kappa shape index (κ1) is 22.1. The molecule has 4 nitrogen and oxygen atoms in total. The highest BCUT2D eigenvalue weighted by molar-refractivity contribution is 5.89. The molecule has 1 heterocycles. The summed E-state index contributed by atoms with van der Waals surface area (Å²) in [6.45, 7) is 1.92. The van der Waals surface area contributed by atoms with Crippen LogP contribution < -0.4 is 0 Å². The lowest BCUT2D eigenvalue weighted by Crippen LogP contribution is -2.21. The molecule has 2 unspecified atom stereocenters. The molecule has 0 amide bonds. The quantitative estimate of drug-likeness (QED) is 0.329. The minimum absolute atomic E-state index is 0.210. The molecular formula is C30H29NO3. The molecule has 5 rings (SSSR count). The van der Waals surface area contributed by atoms with Crippen molar-refractivity contribution in [2.45, 2.75) is 44.9 Å². The number of aromatic carboxylic acids is 1. The number of oxazole rings is 1. The summed E-state index contributed by atoms with van der Waals surface area (Å²) in [6, 6.07) is 26.0. The Morgan fingerprint density at radius 3 is 2.29 bits per heavy atom. The van der Waals surface area contributed by atoms with Gasteiger partial charge in [0.15, 0.2) is 11.7 Å². The summed E-state index contributed by atoms with van der Waals surface area (Å²) in [6.07, 6.45) is 5.29. The molecule has 1 saturated carbocycles. The van der Waals surface area contributed by atoms with Crippen LogP contribution >= 0.6 is 0 Å². The molecule has 172 valence electrons. The molecule has 2 atom stereocenters. The summed E-state index contributed by atoms with van der Waals surface area (Å²) < 4.78 is 6.55. The second kappa shape index (κ2) is 9.68.